The highest BCUT2D eigenvalue weighted by Gasteiger charge is 2.23. The van der Waals surface area contributed by atoms with Crippen molar-refractivity contribution in [2.45, 2.75) is 26.5 Å². The van der Waals surface area contributed by atoms with Crippen LogP contribution in [0.5, 0.6) is 0 Å². The van der Waals surface area contributed by atoms with Crippen molar-refractivity contribution in [3.8, 4) is 0 Å². The van der Waals surface area contributed by atoms with E-state index in [1.807, 2.05) is 25.8 Å². The summed E-state index contributed by atoms with van der Waals surface area (Å²) in [7, 11) is 1.88. The molecule has 0 radical (unpaired) electrons. The van der Waals surface area contributed by atoms with Gasteiger partial charge in [0.1, 0.15) is 5.76 Å². The first kappa shape index (κ1) is 15.9. The largest absolute Gasteiger partial charge is 0.374 e. The van der Waals surface area contributed by atoms with Crippen LogP contribution in [0.15, 0.2) is 4.52 Å². The SMILES string of the molecule is Cc1noc(C)c1CN1CCOC(CN(C)CC(N)=O)C1. The number of morpholine rings is 1. The van der Waals surface area contributed by atoms with Gasteiger partial charge in [0, 0.05) is 31.7 Å². The van der Waals surface area contributed by atoms with Crippen LogP contribution in [0.4, 0.5) is 0 Å². The molecule has 1 aromatic rings. The second-order valence-electron chi connectivity index (χ2n) is 5.69. The Labute approximate surface area is 125 Å². The molecule has 21 heavy (non-hydrogen) atoms. The lowest BCUT2D eigenvalue weighted by Gasteiger charge is -2.34. The molecule has 1 fully saturated rings. The highest BCUT2D eigenvalue weighted by Crippen LogP contribution is 2.17. The Morgan fingerprint density at radius 3 is 2.90 bits per heavy atom. The van der Waals surface area contributed by atoms with Crippen molar-refractivity contribution in [1.82, 2.24) is 15.0 Å². The van der Waals surface area contributed by atoms with Crippen LogP contribution < -0.4 is 5.73 Å². The van der Waals surface area contributed by atoms with Crippen molar-refractivity contribution < 1.29 is 14.1 Å². The fourth-order valence-electron chi connectivity index (χ4n) is 2.66. The maximum Gasteiger partial charge on any atom is 0.231 e. The number of ether oxygens (including phenoxy) is 1. The summed E-state index contributed by atoms with van der Waals surface area (Å²) in [6, 6.07) is 0. The topological polar surface area (TPSA) is 84.8 Å². The summed E-state index contributed by atoms with van der Waals surface area (Å²) >= 11 is 0. The third-order valence-electron chi connectivity index (χ3n) is 3.73. The maximum absolute atomic E-state index is 10.9. The lowest BCUT2D eigenvalue weighted by atomic mass is 10.1. The second-order valence-corrected chi connectivity index (χ2v) is 5.69. The van der Waals surface area contributed by atoms with Gasteiger partial charge in [-0.1, -0.05) is 5.16 Å². The van der Waals surface area contributed by atoms with Gasteiger partial charge in [-0.3, -0.25) is 14.6 Å². The minimum Gasteiger partial charge on any atom is -0.374 e. The Morgan fingerprint density at radius 1 is 1.52 bits per heavy atom. The summed E-state index contributed by atoms with van der Waals surface area (Å²) in [5, 5.41) is 3.99. The Morgan fingerprint density at radius 2 is 2.29 bits per heavy atom. The minimum absolute atomic E-state index is 0.0866. The molecule has 7 nitrogen and oxygen atoms in total. The molecule has 0 saturated carbocycles. The average molecular weight is 296 g/mol. The third-order valence-corrected chi connectivity index (χ3v) is 3.73. The quantitative estimate of drug-likeness (QED) is 0.789. The molecule has 1 aliphatic heterocycles. The van der Waals surface area contributed by atoms with Gasteiger partial charge in [0.2, 0.25) is 5.91 Å². The molecular formula is C14H24N4O3. The Bertz CT molecular complexity index is 469. The number of amides is 1. The van der Waals surface area contributed by atoms with Crippen LogP contribution in [0, 0.1) is 13.8 Å². The van der Waals surface area contributed by atoms with Crippen molar-refractivity contribution in [2.24, 2.45) is 5.73 Å². The molecule has 2 N–H and O–H groups in total. The Balaban J connectivity index is 1.87. The molecule has 2 heterocycles. The number of nitrogens with two attached hydrogens (primary N) is 1. The normalized spacial score (nSPS) is 20.1. The van der Waals surface area contributed by atoms with Gasteiger partial charge >= 0.3 is 0 Å². The van der Waals surface area contributed by atoms with Crippen LogP contribution in [0.3, 0.4) is 0 Å². The molecule has 0 aromatic carbocycles. The number of carbonyl (C=O) groups excluding carboxylic acids is 1. The van der Waals surface area contributed by atoms with Crippen molar-refractivity contribution in [3.05, 3.63) is 17.0 Å². The molecule has 0 bridgehead atoms. The van der Waals surface area contributed by atoms with Crippen molar-refractivity contribution in [3.63, 3.8) is 0 Å². The zero-order valence-corrected chi connectivity index (χ0v) is 13.0. The number of likely N-dealkylation sites (N-methyl/N-ethyl adjacent to an activating group) is 1. The van der Waals surface area contributed by atoms with Crippen LogP contribution in [-0.2, 0) is 16.1 Å². The first-order chi connectivity index (χ1) is 9.95. The van der Waals surface area contributed by atoms with Crippen LogP contribution in [0.1, 0.15) is 17.0 Å². The van der Waals surface area contributed by atoms with Gasteiger partial charge in [0.25, 0.3) is 0 Å². The predicted molar refractivity (Wildman–Crippen MR) is 77.7 cm³/mol. The number of rotatable bonds is 6. The number of aromatic nitrogens is 1. The Hall–Kier alpha value is -1.44. The second kappa shape index (κ2) is 7.02. The first-order valence-electron chi connectivity index (χ1n) is 7.18. The summed E-state index contributed by atoms with van der Waals surface area (Å²) in [6.45, 7) is 8.08. The molecule has 1 aromatic heterocycles. The minimum atomic E-state index is -0.319. The molecule has 1 aliphatic rings. The fourth-order valence-corrected chi connectivity index (χ4v) is 2.66. The van der Waals surface area contributed by atoms with Crippen molar-refractivity contribution >= 4 is 5.91 Å². The fraction of sp³-hybridized carbons (Fsp3) is 0.714. The maximum atomic E-state index is 10.9. The van der Waals surface area contributed by atoms with Gasteiger partial charge in [-0.2, -0.15) is 0 Å². The Kier molecular flexibility index (Phi) is 5.33. The molecule has 118 valence electrons. The van der Waals surface area contributed by atoms with E-state index < -0.39 is 0 Å². The predicted octanol–water partition coefficient (Wildman–Crippen LogP) is -0.0907. The standard InChI is InChI=1S/C14H24N4O3/c1-10-13(11(2)21-16-10)8-18-4-5-20-12(7-18)6-17(3)9-14(15)19/h12H,4-9H2,1-3H3,(H2,15,19). The number of primary amides is 1. The molecular weight excluding hydrogens is 272 g/mol. The lowest BCUT2D eigenvalue weighted by Crippen LogP contribution is -2.47. The highest BCUT2D eigenvalue weighted by molar-refractivity contribution is 5.75. The molecule has 1 unspecified atom stereocenters. The van der Waals surface area contributed by atoms with E-state index in [1.54, 1.807) is 0 Å². The summed E-state index contributed by atoms with van der Waals surface area (Å²) in [5.41, 5.74) is 7.30. The molecule has 7 heteroatoms. The number of nitrogens with zero attached hydrogens (tertiary/aromatic N) is 3. The van der Waals surface area contributed by atoms with E-state index >= 15 is 0 Å². The average Bonchev–Trinajstić information content (AvgIpc) is 2.70. The third kappa shape index (κ3) is 4.52. The van der Waals surface area contributed by atoms with E-state index in [2.05, 4.69) is 10.1 Å². The molecule has 1 saturated heterocycles. The monoisotopic (exact) mass is 296 g/mol. The van der Waals surface area contributed by atoms with Crippen molar-refractivity contribution in [1.29, 1.82) is 0 Å². The van der Waals surface area contributed by atoms with E-state index in [0.29, 0.717) is 13.2 Å². The first-order valence-corrected chi connectivity index (χ1v) is 7.18. The number of aryl methyl sites for hydroxylation is 2. The molecule has 1 amide bonds. The number of hydrogen-bond donors (Lipinski definition) is 1. The van der Waals surface area contributed by atoms with Gasteiger partial charge < -0.3 is 15.0 Å². The smallest absolute Gasteiger partial charge is 0.231 e. The van der Waals surface area contributed by atoms with E-state index in [4.69, 9.17) is 15.0 Å². The highest BCUT2D eigenvalue weighted by atomic mass is 16.5. The van der Waals surface area contributed by atoms with Crippen molar-refractivity contribution in [2.75, 3.05) is 39.8 Å². The summed E-state index contributed by atoms with van der Waals surface area (Å²) in [4.78, 5) is 15.1. The molecule has 0 aliphatic carbocycles. The van der Waals surface area contributed by atoms with Crippen LogP contribution in [-0.4, -0.2) is 66.8 Å². The zero-order chi connectivity index (χ0) is 15.4. The van der Waals surface area contributed by atoms with E-state index in [0.717, 1.165) is 36.7 Å². The van der Waals surface area contributed by atoms with Crippen LogP contribution in [0.25, 0.3) is 0 Å². The molecule has 1 atom stereocenters. The van der Waals surface area contributed by atoms with E-state index in [9.17, 15) is 4.79 Å². The number of hydrogen-bond acceptors (Lipinski definition) is 6. The zero-order valence-electron chi connectivity index (χ0n) is 13.0. The van der Waals surface area contributed by atoms with Gasteiger partial charge in [0.05, 0.1) is 24.9 Å². The van der Waals surface area contributed by atoms with Crippen LogP contribution >= 0.6 is 0 Å². The number of carbonyl (C=O) groups is 1. The lowest BCUT2D eigenvalue weighted by molar-refractivity contribution is -0.119. The van der Waals surface area contributed by atoms with Gasteiger partial charge in [0.15, 0.2) is 0 Å². The summed E-state index contributed by atoms with van der Waals surface area (Å²) < 4.78 is 11.0. The van der Waals surface area contributed by atoms with E-state index in [1.165, 1.54) is 0 Å². The van der Waals surface area contributed by atoms with Crippen LogP contribution in [0.2, 0.25) is 0 Å². The van der Waals surface area contributed by atoms with Gasteiger partial charge in [-0.05, 0) is 20.9 Å². The molecule has 0 spiro atoms. The van der Waals surface area contributed by atoms with E-state index in [-0.39, 0.29) is 18.6 Å². The molecule has 2 rings (SSSR count). The summed E-state index contributed by atoms with van der Waals surface area (Å²) in [5.74, 6) is 0.558. The summed E-state index contributed by atoms with van der Waals surface area (Å²) in [6.07, 6.45) is 0.0866. The van der Waals surface area contributed by atoms with Gasteiger partial charge in [-0.15, -0.1) is 0 Å². The van der Waals surface area contributed by atoms with Gasteiger partial charge in [-0.25, -0.2) is 0 Å².